The van der Waals surface area contributed by atoms with Crippen molar-refractivity contribution in [2.24, 2.45) is 5.73 Å². The fourth-order valence-corrected chi connectivity index (χ4v) is 2.45. The Kier molecular flexibility index (Phi) is 5.11. The van der Waals surface area contributed by atoms with Gasteiger partial charge in [-0.2, -0.15) is 4.98 Å². The zero-order chi connectivity index (χ0) is 13.1. The van der Waals surface area contributed by atoms with Gasteiger partial charge < -0.3 is 10.3 Å². The first-order valence-electron chi connectivity index (χ1n) is 6.67. The van der Waals surface area contributed by atoms with Crippen LogP contribution in [0.1, 0.15) is 18.7 Å². The molecular formula is C14H19ClN4O. The van der Waals surface area contributed by atoms with Crippen LogP contribution in [0.4, 0.5) is 0 Å². The Morgan fingerprint density at radius 3 is 2.85 bits per heavy atom. The predicted molar refractivity (Wildman–Crippen MR) is 79.5 cm³/mol. The van der Waals surface area contributed by atoms with Crippen LogP contribution in [0.25, 0.3) is 11.4 Å². The molecule has 6 heteroatoms. The van der Waals surface area contributed by atoms with Crippen LogP contribution < -0.4 is 5.73 Å². The van der Waals surface area contributed by atoms with E-state index in [9.17, 15) is 0 Å². The third kappa shape index (κ3) is 3.56. The summed E-state index contributed by atoms with van der Waals surface area (Å²) in [6.45, 7) is 2.65. The first kappa shape index (κ1) is 15.0. The lowest BCUT2D eigenvalue weighted by atomic mass is 10.1. The number of likely N-dealkylation sites (tertiary alicyclic amines) is 1. The molecule has 1 saturated heterocycles. The molecule has 0 radical (unpaired) electrons. The molecule has 0 bridgehead atoms. The van der Waals surface area contributed by atoms with Crippen LogP contribution in [-0.4, -0.2) is 34.2 Å². The average molecular weight is 295 g/mol. The Balaban J connectivity index is 0.00000147. The number of benzene rings is 1. The lowest BCUT2D eigenvalue weighted by molar-refractivity contribution is 0.178. The van der Waals surface area contributed by atoms with Crippen molar-refractivity contribution in [3.8, 4) is 11.4 Å². The zero-order valence-corrected chi connectivity index (χ0v) is 12.1. The number of nitrogens with zero attached hydrogens (tertiary/aromatic N) is 3. The van der Waals surface area contributed by atoms with Crippen LogP contribution in [0.2, 0.25) is 0 Å². The second kappa shape index (κ2) is 6.83. The summed E-state index contributed by atoms with van der Waals surface area (Å²) in [6, 6.07) is 10.1. The number of halogens is 1. The maximum Gasteiger partial charge on any atom is 0.241 e. The standard InChI is InChI=1S/C14H18N4O.ClH/c15-12-7-4-8-18(9-12)10-13-16-14(17-19-13)11-5-2-1-3-6-11;/h1-3,5-6,12H,4,7-10,15H2;1H. The molecule has 1 aliphatic rings. The predicted octanol–water partition coefficient (Wildman–Crippen LogP) is 2.08. The Morgan fingerprint density at radius 1 is 1.30 bits per heavy atom. The highest BCUT2D eigenvalue weighted by molar-refractivity contribution is 5.85. The number of rotatable bonds is 3. The van der Waals surface area contributed by atoms with Gasteiger partial charge >= 0.3 is 0 Å². The molecule has 2 heterocycles. The fourth-order valence-electron chi connectivity index (χ4n) is 2.45. The lowest BCUT2D eigenvalue weighted by Gasteiger charge is -2.29. The average Bonchev–Trinajstić information content (AvgIpc) is 2.88. The molecule has 1 fully saturated rings. The van der Waals surface area contributed by atoms with Crippen molar-refractivity contribution in [1.29, 1.82) is 0 Å². The number of hydrogen-bond donors (Lipinski definition) is 1. The number of hydrogen-bond acceptors (Lipinski definition) is 5. The van der Waals surface area contributed by atoms with Gasteiger partial charge in [-0.05, 0) is 19.4 Å². The van der Waals surface area contributed by atoms with Crippen molar-refractivity contribution < 1.29 is 4.52 Å². The minimum absolute atomic E-state index is 0. The van der Waals surface area contributed by atoms with Gasteiger partial charge in [-0.25, -0.2) is 0 Å². The Labute approximate surface area is 124 Å². The molecule has 2 N–H and O–H groups in total. The maximum absolute atomic E-state index is 5.97. The molecule has 3 rings (SSSR count). The molecule has 1 unspecified atom stereocenters. The molecule has 0 saturated carbocycles. The molecule has 1 aromatic carbocycles. The van der Waals surface area contributed by atoms with E-state index < -0.39 is 0 Å². The number of piperidine rings is 1. The van der Waals surface area contributed by atoms with Crippen LogP contribution in [-0.2, 0) is 6.54 Å². The van der Waals surface area contributed by atoms with Crippen LogP contribution in [0, 0.1) is 0 Å². The zero-order valence-electron chi connectivity index (χ0n) is 11.2. The van der Waals surface area contributed by atoms with E-state index in [1.165, 1.54) is 0 Å². The number of aromatic nitrogens is 2. The molecule has 5 nitrogen and oxygen atoms in total. The molecule has 1 aliphatic heterocycles. The molecule has 108 valence electrons. The van der Waals surface area contributed by atoms with Gasteiger partial charge in [0, 0.05) is 18.2 Å². The molecule has 0 aliphatic carbocycles. The largest absolute Gasteiger partial charge is 0.338 e. The van der Waals surface area contributed by atoms with E-state index >= 15 is 0 Å². The van der Waals surface area contributed by atoms with Gasteiger partial charge in [0.05, 0.1) is 6.54 Å². The van der Waals surface area contributed by atoms with Crippen LogP contribution in [0.5, 0.6) is 0 Å². The number of nitrogens with two attached hydrogens (primary N) is 1. The monoisotopic (exact) mass is 294 g/mol. The highest BCUT2D eigenvalue weighted by Crippen LogP contribution is 2.17. The van der Waals surface area contributed by atoms with Gasteiger partial charge in [0.1, 0.15) is 0 Å². The van der Waals surface area contributed by atoms with Gasteiger partial charge in [-0.3, -0.25) is 4.90 Å². The maximum atomic E-state index is 5.97. The van der Waals surface area contributed by atoms with Gasteiger partial charge in [0.15, 0.2) is 0 Å². The van der Waals surface area contributed by atoms with Crippen molar-refractivity contribution >= 4 is 12.4 Å². The summed E-state index contributed by atoms with van der Waals surface area (Å²) < 4.78 is 5.31. The Bertz CT molecular complexity index is 531. The summed E-state index contributed by atoms with van der Waals surface area (Å²) in [4.78, 5) is 6.71. The van der Waals surface area contributed by atoms with E-state index in [4.69, 9.17) is 10.3 Å². The van der Waals surface area contributed by atoms with Crippen molar-refractivity contribution in [3.05, 3.63) is 36.2 Å². The summed E-state index contributed by atoms with van der Waals surface area (Å²) >= 11 is 0. The molecule has 2 aromatic rings. The van der Waals surface area contributed by atoms with E-state index in [-0.39, 0.29) is 18.4 Å². The molecule has 20 heavy (non-hydrogen) atoms. The van der Waals surface area contributed by atoms with E-state index in [0.717, 1.165) is 31.5 Å². The quantitative estimate of drug-likeness (QED) is 0.939. The van der Waals surface area contributed by atoms with E-state index in [1.54, 1.807) is 0 Å². The third-order valence-corrected chi connectivity index (χ3v) is 3.40. The van der Waals surface area contributed by atoms with Crippen LogP contribution >= 0.6 is 12.4 Å². The fraction of sp³-hybridized carbons (Fsp3) is 0.429. The van der Waals surface area contributed by atoms with Gasteiger partial charge in [0.25, 0.3) is 0 Å². The summed E-state index contributed by atoms with van der Waals surface area (Å²) in [7, 11) is 0. The highest BCUT2D eigenvalue weighted by atomic mass is 35.5. The first-order chi connectivity index (χ1) is 9.31. The molecule has 0 spiro atoms. The smallest absolute Gasteiger partial charge is 0.241 e. The van der Waals surface area contributed by atoms with Crippen LogP contribution in [0.15, 0.2) is 34.9 Å². The van der Waals surface area contributed by atoms with Gasteiger partial charge in [-0.15, -0.1) is 12.4 Å². The molecule has 1 atom stereocenters. The first-order valence-corrected chi connectivity index (χ1v) is 6.67. The van der Waals surface area contributed by atoms with Crippen LogP contribution in [0.3, 0.4) is 0 Å². The lowest BCUT2D eigenvalue weighted by Crippen LogP contribution is -2.42. The minimum atomic E-state index is 0. The van der Waals surface area contributed by atoms with E-state index in [0.29, 0.717) is 18.3 Å². The minimum Gasteiger partial charge on any atom is -0.338 e. The summed E-state index contributed by atoms with van der Waals surface area (Å²) in [5.41, 5.74) is 6.95. The highest BCUT2D eigenvalue weighted by Gasteiger charge is 2.19. The van der Waals surface area contributed by atoms with Crippen molar-refractivity contribution in [2.75, 3.05) is 13.1 Å². The topological polar surface area (TPSA) is 68.2 Å². The summed E-state index contributed by atoms with van der Waals surface area (Å²) in [5, 5.41) is 4.03. The van der Waals surface area contributed by atoms with Gasteiger partial charge in [-0.1, -0.05) is 35.5 Å². The third-order valence-electron chi connectivity index (χ3n) is 3.40. The summed E-state index contributed by atoms with van der Waals surface area (Å²) in [5.74, 6) is 1.31. The normalized spacial score (nSPS) is 19.6. The molecule has 1 aromatic heterocycles. The molecular weight excluding hydrogens is 276 g/mol. The van der Waals surface area contributed by atoms with E-state index in [2.05, 4.69) is 15.0 Å². The molecule has 0 amide bonds. The van der Waals surface area contributed by atoms with Gasteiger partial charge in [0.2, 0.25) is 11.7 Å². The second-order valence-corrected chi connectivity index (χ2v) is 5.02. The Hall–Kier alpha value is -1.43. The summed E-state index contributed by atoms with van der Waals surface area (Å²) in [6.07, 6.45) is 2.25. The van der Waals surface area contributed by atoms with E-state index in [1.807, 2.05) is 30.3 Å². The second-order valence-electron chi connectivity index (χ2n) is 5.02. The van der Waals surface area contributed by atoms with Crippen molar-refractivity contribution in [1.82, 2.24) is 15.0 Å². The van der Waals surface area contributed by atoms with Crippen molar-refractivity contribution in [2.45, 2.75) is 25.4 Å². The Morgan fingerprint density at radius 2 is 2.10 bits per heavy atom. The van der Waals surface area contributed by atoms with Crippen molar-refractivity contribution in [3.63, 3.8) is 0 Å². The SMILES string of the molecule is Cl.NC1CCCN(Cc2nc(-c3ccccc3)no2)C1.